The molecule has 2 heterocycles. The zero-order valence-electron chi connectivity index (χ0n) is 13.4. The standard InChI is InChI=1S/C17H15N3O4S/c1-2-12-7-13-16(25-12)18-10-20(17(13)23)19-8-11-5-3-4-6-14(11)24-9-15(21)22/h3-8,10H,2,9H2,1H3,(H,21,22)/b19-8-. The molecule has 1 N–H and O–H groups in total. The van der Waals surface area contributed by atoms with E-state index in [-0.39, 0.29) is 5.56 Å². The Morgan fingerprint density at radius 2 is 2.24 bits per heavy atom. The highest BCUT2D eigenvalue weighted by Gasteiger charge is 2.08. The highest BCUT2D eigenvalue weighted by atomic mass is 32.1. The van der Waals surface area contributed by atoms with Crippen molar-refractivity contribution in [3.63, 3.8) is 0 Å². The topological polar surface area (TPSA) is 93.8 Å². The van der Waals surface area contributed by atoms with Crippen LogP contribution in [0.3, 0.4) is 0 Å². The van der Waals surface area contributed by atoms with Crippen LogP contribution in [0.1, 0.15) is 17.4 Å². The predicted octanol–water partition coefficient (Wildman–Crippen LogP) is 2.37. The van der Waals surface area contributed by atoms with Crippen LogP contribution in [0.5, 0.6) is 5.75 Å². The van der Waals surface area contributed by atoms with Crippen LogP contribution in [0.4, 0.5) is 0 Å². The molecule has 0 saturated heterocycles. The number of rotatable bonds is 6. The van der Waals surface area contributed by atoms with E-state index in [0.29, 0.717) is 21.5 Å². The van der Waals surface area contributed by atoms with Crippen LogP contribution in [-0.4, -0.2) is 33.6 Å². The molecular formula is C17H15N3O4S. The molecule has 0 aliphatic rings. The van der Waals surface area contributed by atoms with Crippen LogP contribution >= 0.6 is 11.3 Å². The van der Waals surface area contributed by atoms with Gasteiger partial charge in [0.2, 0.25) is 0 Å². The van der Waals surface area contributed by atoms with Crippen molar-refractivity contribution in [2.45, 2.75) is 13.3 Å². The number of aliphatic carboxylic acids is 1. The molecule has 8 heteroatoms. The maximum atomic E-state index is 12.5. The molecule has 0 fully saturated rings. The molecule has 0 aliphatic carbocycles. The van der Waals surface area contributed by atoms with Crippen LogP contribution in [0.25, 0.3) is 10.2 Å². The van der Waals surface area contributed by atoms with Gasteiger partial charge in [0.1, 0.15) is 16.9 Å². The van der Waals surface area contributed by atoms with Crippen LogP contribution in [0.15, 0.2) is 46.6 Å². The maximum Gasteiger partial charge on any atom is 0.341 e. The second-order valence-corrected chi connectivity index (χ2v) is 6.26. The van der Waals surface area contributed by atoms with Gasteiger partial charge in [0.15, 0.2) is 6.61 Å². The molecule has 0 radical (unpaired) electrons. The van der Waals surface area contributed by atoms with Gasteiger partial charge in [0, 0.05) is 10.4 Å². The van der Waals surface area contributed by atoms with Crippen molar-refractivity contribution in [3.05, 3.63) is 57.5 Å². The summed E-state index contributed by atoms with van der Waals surface area (Å²) in [6, 6.07) is 8.70. The van der Waals surface area contributed by atoms with Gasteiger partial charge in [-0.15, -0.1) is 11.3 Å². The first-order chi connectivity index (χ1) is 12.1. The average molecular weight is 357 g/mol. The number of fused-ring (bicyclic) bond motifs is 1. The van der Waals surface area contributed by atoms with Crippen LogP contribution in [0, 0.1) is 0 Å². The lowest BCUT2D eigenvalue weighted by atomic mass is 10.2. The molecule has 7 nitrogen and oxygen atoms in total. The van der Waals surface area contributed by atoms with E-state index in [1.807, 2.05) is 13.0 Å². The summed E-state index contributed by atoms with van der Waals surface area (Å²) >= 11 is 1.49. The van der Waals surface area contributed by atoms with E-state index >= 15 is 0 Å². The van der Waals surface area contributed by atoms with Crippen molar-refractivity contribution in [1.29, 1.82) is 0 Å². The van der Waals surface area contributed by atoms with Gasteiger partial charge in [0.25, 0.3) is 5.56 Å². The number of carboxylic acids is 1. The minimum Gasteiger partial charge on any atom is -0.481 e. The van der Waals surface area contributed by atoms with Gasteiger partial charge in [-0.05, 0) is 24.6 Å². The fourth-order valence-corrected chi connectivity index (χ4v) is 3.13. The summed E-state index contributed by atoms with van der Waals surface area (Å²) in [6.45, 7) is 1.57. The lowest BCUT2D eigenvalue weighted by molar-refractivity contribution is -0.139. The third-order valence-corrected chi connectivity index (χ3v) is 4.61. The summed E-state index contributed by atoms with van der Waals surface area (Å²) in [7, 11) is 0. The number of hydrogen-bond acceptors (Lipinski definition) is 6. The van der Waals surface area contributed by atoms with Gasteiger partial charge in [-0.2, -0.15) is 9.78 Å². The number of carboxylic acid groups (broad SMARTS) is 1. The van der Waals surface area contributed by atoms with Crippen molar-refractivity contribution in [2.75, 3.05) is 6.61 Å². The lowest BCUT2D eigenvalue weighted by Crippen LogP contribution is -2.16. The summed E-state index contributed by atoms with van der Waals surface area (Å²) in [5, 5.41) is 13.4. The van der Waals surface area contributed by atoms with Crippen molar-refractivity contribution in [3.8, 4) is 5.75 Å². The van der Waals surface area contributed by atoms with E-state index in [1.165, 1.54) is 23.9 Å². The largest absolute Gasteiger partial charge is 0.481 e. The number of hydrogen-bond donors (Lipinski definition) is 1. The molecule has 0 aliphatic heterocycles. The second kappa shape index (κ2) is 7.27. The van der Waals surface area contributed by atoms with Crippen molar-refractivity contribution >= 4 is 33.7 Å². The molecule has 2 aromatic heterocycles. The predicted molar refractivity (Wildman–Crippen MR) is 95.8 cm³/mol. The van der Waals surface area contributed by atoms with Crippen LogP contribution in [-0.2, 0) is 11.2 Å². The van der Waals surface area contributed by atoms with E-state index in [4.69, 9.17) is 9.84 Å². The summed E-state index contributed by atoms with van der Waals surface area (Å²) in [6.07, 6.45) is 3.66. The molecule has 0 saturated carbocycles. The van der Waals surface area contributed by atoms with Gasteiger partial charge in [0.05, 0.1) is 11.6 Å². The third kappa shape index (κ3) is 3.74. The Balaban J connectivity index is 1.92. The summed E-state index contributed by atoms with van der Waals surface area (Å²) < 4.78 is 6.37. The summed E-state index contributed by atoms with van der Waals surface area (Å²) in [5.74, 6) is -0.693. The molecule has 3 rings (SSSR count). The Bertz CT molecular complexity index is 1010. The first-order valence-electron chi connectivity index (χ1n) is 7.56. The average Bonchev–Trinajstić information content (AvgIpc) is 3.04. The van der Waals surface area contributed by atoms with E-state index < -0.39 is 12.6 Å². The molecule has 3 aromatic rings. The van der Waals surface area contributed by atoms with Crippen molar-refractivity contribution < 1.29 is 14.6 Å². The molecule has 128 valence electrons. The SMILES string of the molecule is CCc1cc2c(=O)n(/N=C\c3ccccc3OCC(=O)O)cnc2s1. The smallest absolute Gasteiger partial charge is 0.341 e. The normalized spacial score (nSPS) is 11.2. The molecule has 0 unspecified atom stereocenters. The molecule has 0 amide bonds. The summed E-state index contributed by atoms with van der Waals surface area (Å²) in [4.78, 5) is 29.2. The highest BCUT2D eigenvalue weighted by Crippen LogP contribution is 2.21. The molecular weight excluding hydrogens is 342 g/mol. The van der Waals surface area contributed by atoms with Gasteiger partial charge >= 0.3 is 5.97 Å². The minimum atomic E-state index is -1.07. The number of benzene rings is 1. The molecule has 0 atom stereocenters. The Hall–Kier alpha value is -3.00. The Morgan fingerprint density at radius 1 is 1.44 bits per heavy atom. The van der Waals surface area contributed by atoms with Crippen molar-refractivity contribution in [2.24, 2.45) is 5.10 Å². The maximum absolute atomic E-state index is 12.5. The van der Waals surface area contributed by atoms with Crippen LogP contribution in [0.2, 0.25) is 0 Å². The monoisotopic (exact) mass is 357 g/mol. The summed E-state index contributed by atoms with van der Waals surface area (Å²) in [5.41, 5.74) is 0.316. The Morgan fingerprint density at radius 3 is 3.00 bits per heavy atom. The fraction of sp³-hybridized carbons (Fsp3) is 0.176. The Kier molecular flexibility index (Phi) is 4.90. The Labute approximate surface area is 146 Å². The zero-order valence-corrected chi connectivity index (χ0v) is 14.2. The highest BCUT2D eigenvalue weighted by molar-refractivity contribution is 7.18. The van der Waals surface area contributed by atoms with Crippen molar-refractivity contribution in [1.82, 2.24) is 9.66 Å². The van der Waals surface area contributed by atoms with E-state index in [1.54, 1.807) is 24.3 Å². The van der Waals surface area contributed by atoms with Gasteiger partial charge in [-0.25, -0.2) is 9.78 Å². The van der Waals surface area contributed by atoms with E-state index in [0.717, 1.165) is 16.0 Å². The number of ether oxygens (including phenoxy) is 1. The van der Waals surface area contributed by atoms with Gasteiger partial charge in [-0.1, -0.05) is 19.1 Å². The number of carbonyl (C=O) groups is 1. The zero-order chi connectivity index (χ0) is 17.8. The first-order valence-corrected chi connectivity index (χ1v) is 8.38. The lowest BCUT2D eigenvalue weighted by Gasteiger charge is -2.06. The number of para-hydroxylation sites is 1. The number of nitrogens with zero attached hydrogens (tertiary/aromatic N) is 3. The van der Waals surface area contributed by atoms with Gasteiger partial charge in [-0.3, -0.25) is 4.79 Å². The quantitative estimate of drug-likeness (QED) is 0.684. The molecule has 25 heavy (non-hydrogen) atoms. The molecule has 1 aromatic carbocycles. The second-order valence-electron chi connectivity index (χ2n) is 5.14. The third-order valence-electron chi connectivity index (χ3n) is 3.43. The number of thiophene rings is 1. The first kappa shape index (κ1) is 16.8. The minimum absolute atomic E-state index is 0.249. The fourth-order valence-electron chi connectivity index (χ4n) is 2.20. The van der Waals surface area contributed by atoms with E-state index in [9.17, 15) is 9.59 Å². The molecule has 0 spiro atoms. The number of aromatic nitrogens is 2. The van der Waals surface area contributed by atoms with E-state index in [2.05, 4.69) is 10.1 Å². The number of aryl methyl sites for hydroxylation is 1. The van der Waals surface area contributed by atoms with Gasteiger partial charge < -0.3 is 9.84 Å². The van der Waals surface area contributed by atoms with Crippen LogP contribution < -0.4 is 10.3 Å². The molecule has 0 bridgehead atoms.